The number of piperidine rings is 1. The second kappa shape index (κ2) is 6.45. The van der Waals surface area contributed by atoms with Gasteiger partial charge in [0.15, 0.2) is 0 Å². The maximum absolute atomic E-state index is 12.7. The second-order valence-corrected chi connectivity index (χ2v) is 8.04. The summed E-state index contributed by atoms with van der Waals surface area (Å²) in [6, 6.07) is 12.8. The third-order valence-corrected chi connectivity index (χ3v) is 6.73. The van der Waals surface area contributed by atoms with Gasteiger partial charge in [-0.05, 0) is 37.5 Å². The van der Waals surface area contributed by atoms with Gasteiger partial charge in [0.25, 0.3) is 0 Å². The molecule has 0 N–H and O–H groups in total. The van der Waals surface area contributed by atoms with E-state index in [9.17, 15) is 13.2 Å². The van der Waals surface area contributed by atoms with Crippen LogP contribution in [-0.2, 0) is 20.2 Å². The number of Topliss-reactive ketones (excluding diaryl/α,β-unsaturated/α-hetero) is 1. The van der Waals surface area contributed by atoms with Crippen LogP contribution in [0.3, 0.4) is 0 Å². The summed E-state index contributed by atoms with van der Waals surface area (Å²) in [6.45, 7) is 2.25. The fourth-order valence-electron chi connectivity index (χ4n) is 3.36. The number of ketones is 1. The molecule has 0 aliphatic carbocycles. The van der Waals surface area contributed by atoms with Crippen LogP contribution in [0.2, 0.25) is 0 Å². The molecule has 0 saturated carbocycles. The fraction of sp³-hybridized carbons (Fsp3) is 0.333. The summed E-state index contributed by atoms with van der Waals surface area (Å²) in [5.41, 5.74) is 0.373. The summed E-state index contributed by atoms with van der Waals surface area (Å²) in [4.78, 5) is 16.5. The molecule has 1 aliphatic heterocycles. The van der Waals surface area contributed by atoms with E-state index >= 15 is 0 Å². The lowest BCUT2D eigenvalue weighted by Gasteiger charge is -2.40. The lowest BCUT2D eigenvalue weighted by atomic mass is 9.70. The number of carbonyl (C=O) groups excluding carboxylic acids is 1. The molecule has 2 heterocycles. The second-order valence-electron chi connectivity index (χ2n) is 6.10. The number of pyridine rings is 1. The van der Waals surface area contributed by atoms with Crippen LogP contribution < -0.4 is 0 Å². The van der Waals surface area contributed by atoms with E-state index in [4.69, 9.17) is 0 Å². The van der Waals surface area contributed by atoms with Gasteiger partial charge in [-0.25, -0.2) is 8.42 Å². The van der Waals surface area contributed by atoms with E-state index in [0.717, 1.165) is 5.56 Å². The molecule has 0 atom stereocenters. The first-order chi connectivity index (χ1) is 11.5. The average Bonchev–Trinajstić information content (AvgIpc) is 2.63. The molecule has 6 heteroatoms. The zero-order valence-corrected chi connectivity index (χ0v) is 14.4. The van der Waals surface area contributed by atoms with Gasteiger partial charge in [-0.2, -0.15) is 4.31 Å². The van der Waals surface area contributed by atoms with Crippen molar-refractivity contribution in [2.75, 3.05) is 13.1 Å². The van der Waals surface area contributed by atoms with Crippen molar-refractivity contribution in [3.8, 4) is 0 Å². The summed E-state index contributed by atoms with van der Waals surface area (Å²) in [5, 5.41) is 0. The highest BCUT2D eigenvalue weighted by molar-refractivity contribution is 7.89. The van der Waals surface area contributed by atoms with E-state index in [1.807, 2.05) is 30.3 Å². The Balaban J connectivity index is 1.86. The van der Waals surface area contributed by atoms with Crippen LogP contribution in [0.15, 0.2) is 59.8 Å². The Hall–Kier alpha value is -2.05. The molecule has 3 rings (SSSR count). The van der Waals surface area contributed by atoms with Gasteiger partial charge in [-0.3, -0.25) is 9.78 Å². The largest absolute Gasteiger partial charge is 0.299 e. The first kappa shape index (κ1) is 16.8. The topological polar surface area (TPSA) is 67.3 Å². The quantitative estimate of drug-likeness (QED) is 0.854. The molecule has 0 spiro atoms. The summed E-state index contributed by atoms with van der Waals surface area (Å²) in [5.74, 6) is 0.0899. The van der Waals surface area contributed by atoms with Gasteiger partial charge in [0, 0.05) is 25.5 Å². The van der Waals surface area contributed by atoms with Crippen LogP contribution in [0.25, 0.3) is 0 Å². The van der Waals surface area contributed by atoms with E-state index in [0.29, 0.717) is 25.9 Å². The summed E-state index contributed by atoms with van der Waals surface area (Å²) in [7, 11) is -3.56. The normalized spacial score (nSPS) is 18.2. The first-order valence-corrected chi connectivity index (χ1v) is 9.37. The highest BCUT2D eigenvalue weighted by atomic mass is 32.2. The number of aromatic nitrogens is 1. The van der Waals surface area contributed by atoms with Gasteiger partial charge in [-0.1, -0.05) is 30.3 Å². The lowest BCUT2D eigenvalue weighted by Crippen LogP contribution is -2.48. The van der Waals surface area contributed by atoms with Crippen molar-refractivity contribution in [2.45, 2.75) is 30.1 Å². The summed E-state index contributed by atoms with van der Waals surface area (Å²) >= 11 is 0. The van der Waals surface area contributed by atoms with Crippen LogP contribution in [-0.4, -0.2) is 36.6 Å². The minimum atomic E-state index is -3.56. The molecule has 5 nitrogen and oxygen atoms in total. The predicted octanol–water partition coefficient (Wildman–Crippen LogP) is 2.39. The number of hydrogen-bond donors (Lipinski definition) is 0. The number of benzene rings is 1. The van der Waals surface area contributed by atoms with E-state index < -0.39 is 15.4 Å². The third kappa shape index (κ3) is 2.87. The van der Waals surface area contributed by atoms with Crippen molar-refractivity contribution in [2.24, 2.45) is 0 Å². The molecule has 0 unspecified atom stereocenters. The molecule has 24 heavy (non-hydrogen) atoms. The van der Waals surface area contributed by atoms with Gasteiger partial charge in [0.05, 0.1) is 5.41 Å². The smallest absolute Gasteiger partial charge is 0.244 e. The van der Waals surface area contributed by atoms with Crippen LogP contribution in [0.5, 0.6) is 0 Å². The van der Waals surface area contributed by atoms with E-state index in [-0.39, 0.29) is 10.7 Å². The molecule has 0 bridgehead atoms. The van der Waals surface area contributed by atoms with Gasteiger partial charge in [0.2, 0.25) is 10.0 Å². The maximum atomic E-state index is 12.7. The standard InChI is InChI=1S/C18H20N2O3S/c1-15(21)18(16-6-3-2-4-7-16)9-12-20(13-10-18)24(22,23)17-8-5-11-19-14-17/h2-8,11,14H,9-10,12-13H2,1H3. The molecule has 1 aromatic heterocycles. The molecule has 1 aromatic carbocycles. The monoisotopic (exact) mass is 344 g/mol. The highest BCUT2D eigenvalue weighted by Gasteiger charge is 2.42. The molecule has 1 fully saturated rings. The number of sulfonamides is 1. The minimum Gasteiger partial charge on any atom is -0.299 e. The first-order valence-electron chi connectivity index (χ1n) is 7.93. The molecule has 0 amide bonds. The molecule has 2 aromatic rings. The van der Waals surface area contributed by atoms with E-state index in [1.165, 1.54) is 10.5 Å². The fourth-order valence-corrected chi connectivity index (χ4v) is 4.76. The van der Waals surface area contributed by atoms with Crippen LogP contribution in [0, 0.1) is 0 Å². The maximum Gasteiger partial charge on any atom is 0.244 e. The van der Waals surface area contributed by atoms with E-state index in [2.05, 4.69) is 4.98 Å². The molecule has 126 valence electrons. The van der Waals surface area contributed by atoms with Crippen molar-refractivity contribution < 1.29 is 13.2 Å². The van der Waals surface area contributed by atoms with Crippen molar-refractivity contribution in [1.29, 1.82) is 0 Å². The SMILES string of the molecule is CC(=O)C1(c2ccccc2)CCN(S(=O)(=O)c2cccnc2)CC1. The zero-order chi connectivity index (χ0) is 17.2. The van der Waals surface area contributed by atoms with Crippen molar-refractivity contribution in [3.63, 3.8) is 0 Å². The molecular weight excluding hydrogens is 324 g/mol. The zero-order valence-electron chi connectivity index (χ0n) is 13.6. The molecule has 1 saturated heterocycles. The Morgan fingerprint density at radius 1 is 1.08 bits per heavy atom. The van der Waals surface area contributed by atoms with Gasteiger partial charge < -0.3 is 0 Å². The van der Waals surface area contributed by atoms with Crippen LogP contribution in [0.1, 0.15) is 25.3 Å². The summed E-state index contributed by atoms with van der Waals surface area (Å²) in [6.07, 6.45) is 3.89. The Morgan fingerprint density at radius 2 is 1.75 bits per heavy atom. The predicted molar refractivity (Wildman–Crippen MR) is 91.0 cm³/mol. The molecular formula is C18H20N2O3S. The van der Waals surface area contributed by atoms with Crippen LogP contribution >= 0.6 is 0 Å². The van der Waals surface area contributed by atoms with Crippen molar-refractivity contribution in [3.05, 3.63) is 60.4 Å². The van der Waals surface area contributed by atoms with Gasteiger partial charge in [0.1, 0.15) is 10.7 Å². The summed E-state index contributed by atoms with van der Waals surface area (Å²) < 4.78 is 26.9. The van der Waals surface area contributed by atoms with Gasteiger partial charge in [-0.15, -0.1) is 0 Å². The third-order valence-electron chi connectivity index (χ3n) is 4.85. The highest BCUT2D eigenvalue weighted by Crippen LogP contribution is 2.37. The Bertz CT molecular complexity index is 812. The number of carbonyl (C=O) groups is 1. The van der Waals surface area contributed by atoms with Crippen molar-refractivity contribution >= 4 is 15.8 Å². The van der Waals surface area contributed by atoms with Gasteiger partial charge >= 0.3 is 0 Å². The van der Waals surface area contributed by atoms with E-state index in [1.54, 1.807) is 25.3 Å². The molecule has 0 radical (unpaired) electrons. The lowest BCUT2D eigenvalue weighted by molar-refractivity contribution is -0.123. The Morgan fingerprint density at radius 3 is 2.29 bits per heavy atom. The average molecular weight is 344 g/mol. The van der Waals surface area contributed by atoms with Crippen LogP contribution in [0.4, 0.5) is 0 Å². The Kier molecular flexibility index (Phi) is 4.51. The number of nitrogens with zero attached hydrogens (tertiary/aromatic N) is 2. The molecule has 1 aliphatic rings. The number of hydrogen-bond acceptors (Lipinski definition) is 4. The minimum absolute atomic E-state index is 0.0899. The Labute approximate surface area is 142 Å². The number of rotatable bonds is 4. The van der Waals surface area contributed by atoms with Crippen molar-refractivity contribution in [1.82, 2.24) is 9.29 Å².